The summed E-state index contributed by atoms with van der Waals surface area (Å²) >= 11 is 13.8. The van der Waals surface area contributed by atoms with E-state index in [0.717, 1.165) is 21.9 Å². The van der Waals surface area contributed by atoms with E-state index >= 15 is 0 Å². The molecule has 0 spiro atoms. The number of hydrogen-bond acceptors (Lipinski definition) is 4. The van der Waals surface area contributed by atoms with Gasteiger partial charge in [0.2, 0.25) is 0 Å². The lowest BCUT2D eigenvalue weighted by Crippen LogP contribution is -2.41. The fourth-order valence-corrected chi connectivity index (χ4v) is 5.48. The fourth-order valence-electron chi connectivity index (χ4n) is 2.59. The smallest absolute Gasteiger partial charge is 0.192 e. The van der Waals surface area contributed by atoms with Gasteiger partial charge in [0.15, 0.2) is 8.32 Å². The number of hydrogen-bond donors (Lipinski definition) is 1. The van der Waals surface area contributed by atoms with Gasteiger partial charge < -0.3 is 9.53 Å². The normalized spacial score (nSPS) is 12.6. The minimum absolute atomic E-state index is 0.111. The van der Waals surface area contributed by atoms with Crippen LogP contribution in [0.3, 0.4) is 0 Å². The second-order valence-electron chi connectivity index (χ2n) is 8.27. The van der Waals surface area contributed by atoms with Crippen LogP contribution in [0.15, 0.2) is 28.0 Å². The van der Waals surface area contributed by atoms with Crippen molar-refractivity contribution in [3.05, 3.63) is 39.6 Å². The molecule has 28 heavy (non-hydrogen) atoms. The molecule has 1 aromatic heterocycles. The lowest BCUT2D eigenvalue weighted by molar-refractivity contribution is 0.257. The number of halogens is 2. The molecule has 0 aliphatic carbocycles. The van der Waals surface area contributed by atoms with Crippen molar-refractivity contribution < 1.29 is 9.53 Å². The van der Waals surface area contributed by atoms with Gasteiger partial charge in [0.1, 0.15) is 5.69 Å². The van der Waals surface area contributed by atoms with Crippen LogP contribution in [0.25, 0.3) is 0 Å². The van der Waals surface area contributed by atoms with Gasteiger partial charge >= 0.3 is 0 Å². The lowest BCUT2D eigenvalue weighted by atomic mass is 10.2. The minimum Gasteiger partial charge on any atom is -0.415 e. The van der Waals surface area contributed by atoms with Crippen molar-refractivity contribution in [1.82, 2.24) is 9.78 Å². The summed E-state index contributed by atoms with van der Waals surface area (Å²) in [5.74, 6) is 0. The highest BCUT2D eigenvalue weighted by Gasteiger charge is 2.37. The predicted octanol–water partition coefficient (Wildman–Crippen LogP) is 6.42. The van der Waals surface area contributed by atoms with E-state index in [-0.39, 0.29) is 11.6 Å². The molecule has 8 heteroatoms. The second-order valence-corrected chi connectivity index (χ2v) is 15.0. The van der Waals surface area contributed by atoms with Gasteiger partial charge in [-0.05, 0) is 42.8 Å². The van der Waals surface area contributed by atoms with E-state index in [0.29, 0.717) is 28.9 Å². The van der Waals surface area contributed by atoms with Gasteiger partial charge in [-0.2, -0.15) is 5.10 Å². The zero-order chi connectivity index (χ0) is 21.1. The van der Waals surface area contributed by atoms with E-state index in [9.17, 15) is 5.11 Å². The first-order valence-electron chi connectivity index (χ1n) is 9.45. The topological polar surface area (TPSA) is 47.3 Å². The molecule has 0 aliphatic rings. The molecule has 0 saturated heterocycles. The van der Waals surface area contributed by atoms with Crippen molar-refractivity contribution in [2.75, 3.05) is 6.61 Å². The molecule has 0 unspecified atom stereocenters. The zero-order valence-corrected chi connectivity index (χ0v) is 20.8. The Hall–Kier alpha value is -0.503. The molecule has 156 valence electrons. The maximum Gasteiger partial charge on any atom is 0.192 e. The van der Waals surface area contributed by atoms with Gasteiger partial charge in [-0.25, -0.2) is 0 Å². The Bertz CT molecular complexity index is 799. The summed E-state index contributed by atoms with van der Waals surface area (Å²) in [5.41, 5.74) is 1.76. The van der Waals surface area contributed by atoms with Crippen molar-refractivity contribution in [3.8, 4) is 0 Å². The number of aliphatic hydroxyl groups excluding tert-OH is 1. The molecule has 0 fully saturated rings. The fraction of sp³-hybridized carbons (Fsp3) is 0.550. The highest BCUT2D eigenvalue weighted by Crippen LogP contribution is 2.38. The zero-order valence-electron chi connectivity index (χ0n) is 17.5. The molecule has 0 saturated carbocycles. The Kier molecular flexibility index (Phi) is 8.10. The van der Waals surface area contributed by atoms with Gasteiger partial charge in [-0.15, -0.1) is 0 Å². The Balaban J connectivity index is 2.23. The van der Waals surface area contributed by atoms with Crippen molar-refractivity contribution >= 4 is 43.3 Å². The van der Waals surface area contributed by atoms with Gasteiger partial charge in [0.25, 0.3) is 0 Å². The first kappa shape index (κ1) is 23.8. The number of aliphatic hydroxyl groups is 1. The highest BCUT2D eigenvalue weighted by molar-refractivity contribution is 7.99. The average Bonchev–Trinajstić information content (AvgIpc) is 2.89. The summed E-state index contributed by atoms with van der Waals surface area (Å²) in [6.07, 6.45) is 0.809. The Morgan fingerprint density at radius 2 is 1.79 bits per heavy atom. The molecule has 0 aliphatic heterocycles. The van der Waals surface area contributed by atoms with Crippen LogP contribution in [0.4, 0.5) is 0 Å². The van der Waals surface area contributed by atoms with E-state index in [2.05, 4.69) is 45.9 Å². The third kappa shape index (κ3) is 5.77. The lowest BCUT2D eigenvalue weighted by Gasteiger charge is -2.36. The summed E-state index contributed by atoms with van der Waals surface area (Å²) < 4.78 is 8.27. The van der Waals surface area contributed by atoms with Crippen LogP contribution in [0, 0.1) is 0 Å². The van der Waals surface area contributed by atoms with E-state index in [4.69, 9.17) is 27.6 Å². The van der Waals surface area contributed by atoms with Crippen LogP contribution in [-0.4, -0.2) is 29.8 Å². The Labute approximate surface area is 183 Å². The quantitative estimate of drug-likeness (QED) is 0.461. The largest absolute Gasteiger partial charge is 0.415 e. The van der Waals surface area contributed by atoms with Crippen molar-refractivity contribution in [2.24, 2.45) is 0 Å². The SMILES string of the molecule is CCc1c(Sc2cc(Cl)cc(Cl)c2)c(CO)nn1CCO[Si](C)(C)C(C)(C)C. The molecule has 1 heterocycles. The third-order valence-electron chi connectivity index (χ3n) is 5.19. The van der Waals surface area contributed by atoms with Crippen LogP contribution >= 0.6 is 35.0 Å². The molecule has 0 atom stereocenters. The predicted molar refractivity (Wildman–Crippen MR) is 121 cm³/mol. The molecular weight excluding hydrogens is 431 g/mol. The molecule has 0 bridgehead atoms. The Morgan fingerprint density at radius 3 is 2.29 bits per heavy atom. The van der Waals surface area contributed by atoms with Crippen LogP contribution in [-0.2, 0) is 24.0 Å². The van der Waals surface area contributed by atoms with Crippen LogP contribution in [0.1, 0.15) is 39.1 Å². The van der Waals surface area contributed by atoms with Crippen molar-refractivity contribution in [2.45, 2.75) is 75.2 Å². The first-order chi connectivity index (χ1) is 13.0. The van der Waals surface area contributed by atoms with Gasteiger partial charge in [-0.3, -0.25) is 4.68 Å². The van der Waals surface area contributed by atoms with E-state index in [1.54, 1.807) is 6.07 Å². The molecule has 2 rings (SSSR count). The maximum atomic E-state index is 9.83. The molecular formula is C20H30Cl2N2O2SSi. The summed E-state index contributed by atoms with van der Waals surface area (Å²) in [6, 6.07) is 5.45. The number of benzene rings is 1. The molecule has 1 aromatic carbocycles. The molecule has 1 N–H and O–H groups in total. The van der Waals surface area contributed by atoms with E-state index < -0.39 is 8.32 Å². The monoisotopic (exact) mass is 460 g/mol. The maximum absolute atomic E-state index is 9.83. The van der Waals surface area contributed by atoms with E-state index in [1.165, 1.54) is 11.8 Å². The molecule has 4 nitrogen and oxygen atoms in total. The average molecular weight is 462 g/mol. The van der Waals surface area contributed by atoms with Crippen molar-refractivity contribution in [1.29, 1.82) is 0 Å². The standard InChI is InChI=1S/C20H30Cl2N2O2SSi/c1-7-18-19(27-16-11-14(21)10-15(22)12-16)17(13-25)23-24(18)8-9-26-28(5,6)20(2,3)4/h10-12,25H,7-9,13H2,1-6H3. The van der Waals surface area contributed by atoms with Crippen LogP contribution in [0.5, 0.6) is 0 Å². The molecule has 0 radical (unpaired) electrons. The minimum atomic E-state index is -1.80. The van der Waals surface area contributed by atoms with Gasteiger partial charge in [0, 0.05) is 14.9 Å². The summed E-state index contributed by atoms with van der Waals surface area (Å²) in [7, 11) is -1.80. The van der Waals surface area contributed by atoms with Crippen LogP contribution < -0.4 is 0 Å². The number of aromatic nitrogens is 2. The molecule has 2 aromatic rings. The summed E-state index contributed by atoms with van der Waals surface area (Å²) in [5, 5.41) is 15.8. The summed E-state index contributed by atoms with van der Waals surface area (Å²) in [4.78, 5) is 1.90. The first-order valence-corrected chi connectivity index (χ1v) is 13.9. The molecule has 0 amide bonds. The second kappa shape index (κ2) is 9.54. The summed E-state index contributed by atoms with van der Waals surface area (Å²) in [6.45, 7) is 14.5. The number of rotatable bonds is 8. The number of nitrogens with zero attached hydrogens (tertiary/aromatic N) is 2. The van der Waals surface area contributed by atoms with Gasteiger partial charge in [0.05, 0.1) is 30.3 Å². The van der Waals surface area contributed by atoms with Gasteiger partial charge in [-0.1, -0.05) is 62.7 Å². The van der Waals surface area contributed by atoms with Crippen LogP contribution in [0.2, 0.25) is 28.2 Å². The van der Waals surface area contributed by atoms with E-state index in [1.807, 2.05) is 16.8 Å². The Morgan fingerprint density at radius 1 is 1.18 bits per heavy atom. The van der Waals surface area contributed by atoms with Crippen molar-refractivity contribution in [3.63, 3.8) is 0 Å². The highest BCUT2D eigenvalue weighted by atomic mass is 35.5. The third-order valence-corrected chi connectivity index (χ3v) is 11.3.